The van der Waals surface area contributed by atoms with E-state index in [0.717, 1.165) is 5.56 Å². The van der Waals surface area contributed by atoms with Gasteiger partial charge in [0.2, 0.25) is 5.91 Å². The van der Waals surface area contributed by atoms with Crippen LogP contribution in [0.15, 0.2) is 37.1 Å². The number of aryl methyl sites for hydroxylation is 1. The van der Waals surface area contributed by atoms with E-state index in [1.165, 1.54) is 15.7 Å². The fourth-order valence-corrected chi connectivity index (χ4v) is 1.75. The van der Waals surface area contributed by atoms with Gasteiger partial charge in [0, 0.05) is 25.6 Å². The Hall–Kier alpha value is -3.10. The van der Waals surface area contributed by atoms with E-state index in [2.05, 4.69) is 30.6 Å². The summed E-state index contributed by atoms with van der Waals surface area (Å²) in [6.45, 7) is 0.0728. The van der Waals surface area contributed by atoms with E-state index < -0.39 is 0 Å². The van der Waals surface area contributed by atoms with Gasteiger partial charge in [-0.15, -0.1) is 5.10 Å². The Labute approximate surface area is 119 Å². The van der Waals surface area contributed by atoms with Gasteiger partial charge >= 0.3 is 0 Å². The maximum atomic E-state index is 11.9. The largest absolute Gasteiger partial charge is 0.306 e. The van der Waals surface area contributed by atoms with Crippen molar-refractivity contribution >= 4 is 11.7 Å². The zero-order chi connectivity index (χ0) is 14.7. The van der Waals surface area contributed by atoms with Crippen LogP contribution < -0.4 is 5.32 Å². The highest BCUT2D eigenvalue weighted by Crippen LogP contribution is 2.11. The number of carbonyl (C=O) groups excluding carboxylic acids is 1. The standard InChI is InChI=1S/C12H12N8O/c1-19-15-6-10(18-19)17-11(21)8-20-7-9(5-16-20)12-13-3-2-4-14-12/h2-7H,8H2,1H3,(H,17,18,21). The van der Waals surface area contributed by atoms with Crippen LogP contribution in [0.2, 0.25) is 0 Å². The second kappa shape index (κ2) is 5.49. The van der Waals surface area contributed by atoms with Crippen LogP contribution in [-0.2, 0) is 18.4 Å². The summed E-state index contributed by atoms with van der Waals surface area (Å²) in [6, 6.07) is 1.74. The first-order valence-electron chi connectivity index (χ1n) is 6.17. The van der Waals surface area contributed by atoms with E-state index in [-0.39, 0.29) is 12.5 Å². The molecule has 3 heterocycles. The van der Waals surface area contributed by atoms with E-state index in [1.54, 1.807) is 37.9 Å². The molecule has 0 aromatic carbocycles. The molecule has 0 unspecified atom stereocenters. The summed E-state index contributed by atoms with van der Waals surface area (Å²) in [5.41, 5.74) is 0.753. The highest BCUT2D eigenvalue weighted by molar-refractivity contribution is 5.89. The Morgan fingerprint density at radius 3 is 2.76 bits per heavy atom. The van der Waals surface area contributed by atoms with Crippen molar-refractivity contribution in [1.29, 1.82) is 0 Å². The van der Waals surface area contributed by atoms with Crippen molar-refractivity contribution in [1.82, 2.24) is 34.7 Å². The molecule has 3 aromatic heterocycles. The van der Waals surface area contributed by atoms with E-state index in [9.17, 15) is 4.79 Å². The van der Waals surface area contributed by atoms with Crippen molar-refractivity contribution < 1.29 is 4.79 Å². The number of anilines is 1. The molecule has 1 N–H and O–H groups in total. The molecule has 3 rings (SSSR count). The molecule has 9 nitrogen and oxygen atoms in total. The molecule has 0 fully saturated rings. The summed E-state index contributed by atoms with van der Waals surface area (Å²) in [5.74, 6) is 0.735. The van der Waals surface area contributed by atoms with Crippen molar-refractivity contribution in [2.75, 3.05) is 5.32 Å². The van der Waals surface area contributed by atoms with Gasteiger partial charge in [0.15, 0.2) is 11.6 Å². The van der Waals surface area contributed by atoms with Gasteiger partial charge in [0.1, 0.15) is 6.54 Å². The lowest BCUT2D eigenvalue weighted by atomic mass is 10.3. The molecule has 0 radical (unpaired) electrons. The van der Waals surface area contributed by atoms with Gasteiger partial charge in [0.05, 0.1) is 18.0 Å². The lowest BCUT2D eigenvalue weighted by Gasteiger charge is -2.01. The van der Waals surface area contributed by atoms with Crippen LogP contribution in [0.1, 0.15) is 0 Å². The van der Waals surface area contributed by atoms with E-state index >= 15 is 0 Å². The second-order valence-electron chi connectivity index (χ2n) is 4.27. The minimum atomic E-state index is -0.237. The normalized spacial score (nSPS) is 10.5. The quantitative estimate of drug-likeness (QED) is 0.729. The summed E-state index contributed by atoms with van der Waals surface area (Å²) >= 11 is 0. The summed E-state index contributed by atoms with van der Waals surface area (Å²) in [7, 11) is 1.68. The van der Waals surface area contributed by atoms with Gasteiger partial charge in [-0.05, 0) is 6.07 Å². The predicted octanol–water partition coefficient (Wildman–Crippen LogP) is 0.107. The van der Waals surface area contributed by atoms with Gasteiger partial charge in [-0.1, -0.05) is 0 Å². The summed E-state index contributed by atoms with van der Waals surface area (Å²) in [4.78, 5) is 21.5. The zero-order valence-corrected chi connectivity index (χ0v) is 11.2. The average molecular weight is 284 g/mol. The van der Waals surface area contributed by atoms with Crippen LogP contribution in [0.3, 0.4) is 0 Å². The zero-order valence-electron chi connectivity index (χ0n) is 11.2. The van der Waals surface area contributed by atoms with E-state index in [0.29, 0.717) is 11.6 Å². The Kier molecular flexibility index (Phi) is 3.37. The Balaban J connectivity index is 1.66. The van der Waals surface area contributed by atoms with Crippen LogP contribution in [0.4, 0.5) is 5.82 Å². The van der Waals surface area contributed by atoms with Crippen molar-refractivity contribution in [3.8, 4) is 11.4 Å². The third kappa shape index (κ3) is 3.08. The Bertz CT molecular complexity index is 747. The highest BCUT2D eigenvalue weighted by atomic mass is 16.2. The van der Waals surface area contributed by atoms with Crippen molar-refractivity contribution in [3.63, 3.8) is 0 Å². The number of rotatable bonds is 4. The Morgan fingerprint density at radius 2 is 2.05 bits per heavy atom. The van der Waals surface area contributed by atoms with Crippen molar-refractivity contribution in [2.45, 2.75) is 6.54 Å². The molecule has 0 aliphatic heterocycles. The average Bonchev–Trinajstić information content (AvgIpc) is 3.09. The number of nitrogens with one attached hydrogen (secondary N) is 1. The lowest BCUT2D eigenvalue weighted by molar-refractivity contribution is -0.116. The van der Waals surface area contributed by atoms with Crippen LogP contribution in [0.5, 0.6) is 0 Å². The maximum Gasteiger partial charge on any atom is 0.247 e. The Morgan fingerprint density at radius 1 is 1.24 bits per heavy atom. The van der Waals surface area contributed by atoms with Crippen molar-refractivity contribution in [3.05, 3.63) is 37.1 Å². The van der Waals surface area contributed by atoms with Crippen LogP contribution in [0.25, 0.3) is 11.4 Å². The fraction of sp³-hybridized carbons (Fsp3) is 0.167. The SMILES string of the molecule is Cn1ncc(NC(=O)Cn2cc(-c3ncccn3)cn2)n1. The molecular weight excluding hydrogens is 272 g/mol. The first-order valence-corrected chi connectivity index (χ1v) is 6.17. The molecule has 9 heteroatoms. The van der Waals surface area contributed by atoms with E-state index in [1.807, 2.05) is 0 Å². The van der Waals surface area contributed by atoms with E-state index in [4.69, 9.17) is 0 Å². The third-order valence-electron chi connectivity index (χ3n) is 2.63. The summed E-state index contributed by atoms with van der Waals surface area (Å²) < 4.78 is 1.51. The maximum absolute atomic E-state index is 11.9. The van der Waals surface area contributed by atoms with Gasteiger partial charge < -0.3 is 5.32 Å². The minimum absolute atomic E-state index is 0.0728. The highest BCUT2D eigenvalue weighted by Gasteiger charge is 2.09. The first kappa shape index (κ1) is 12.9. The number of hydrogen-bond acceptors (Lipinski definition) is 6. The number of amides is 1. The fourth-order valence-electron chi connectivity index (χ4n) is 1.75. The smallest absolute Gasteiger partial charge is 0.247 e. The molecule has 0 aliphatic carbocycles. The predicted molar refractivity (Wildman–Crippen MR) is 72.9 cm³/mol. The number of carbonyl (C=O) groups is 1. The topological polar surface area (TPSA) is 103 Å². The summed E-state index contributed by atoms with van der Waals surface area (Å²) in [5, 5.41) is 14.6. The number of nitrogens with zero attached hydrogens (tertiary/aromatic N) is 7. The molecule has 0 saturated heterocycles. The van der Waals surface area contributed by atoms with Gasteiger partial charge in [-0.2, -0.15) is 15.0 Å². The van der Waals surface area contributed by atoms with Crippen molar-refractivity contribution in [2.24, 2.45) is 7.05 Å². The lowest BCUT2D eigenvalue weighted by Crippen LogP contribution is -2.19. The summed E-state index contributed by atoms with van der Waals surface area (Å²) in [6.07, 6.45) is 8.11. The second-order valence-corrected chi connectivity index (χ2v) is 4.27. The molecule has 21 heavy (non-hydrogen) atoms. The number of aromatic nitrogens is 7. The monoisotopic (exact) mass is 284 g/mol. The van der Waals surface area contributed by atoms with Gasteiger partial charge in [0.25, 0.3) is 0 Å². The molecule has 0 bridgehead atoms. The molecular formula is C12H12N8O. The minimum Gasteiger partial charge on any atom is -0.306 e. The van der Waals surface area contributed by atoms with Gasteiger partial charge in [-0.3, -0.25) is 9.48 Å². The molecule has 0 spiro atoms. The molecule has 0 atom stereocenters. The first-order chi connectivity index (χ1) is 10.2. The van der Waals surface area contributed by atoms with Crippen LogP contribution in [-0.4, -0.2) is 40.6 Å². The molecule has 1 amide bonds. The third-order valence-corrected chi connectivity index (χ3v) is 2.63. The number of hydrogen-bond donors (Lipinski definition) is 1. The van der Waals surface area contributed by atoms with Crippen LogP contribution in [0, 0.1) is 0 Å². The molecule has 0 saturated carbocycles. The van der Waals surface area contributed by atoms with Gasteiger partial charge in [-0.25, -0.2) is 9.97 Å². The molecule has 3 aromatic rings. The van der Waals surface area contributed by atoms with Crippen LogP contribution >= 0.6 is 0 Å². The molecule has 0 aliphatic rings. The molecule has 106 valence electrons.